The molecule has 18 heavy (non-hydrogen) atoms. The molecule has 3 rings (SSSR count). The number of fused-ring (bicyclic) bond motifs is 1. The van der Waals surface area contributed by atoms with E-state index in [0.29, 0.717) is 13.2 Å². The van der Waals surface area contributed by atoms with Crippen molar-refractivity contribution in [1.29, 1.82) is 0 Å². The van der Waals surface area contributed by atoms with Crippen molar-refractivity contribution in [2.24, 2.45) is 0 Å². The molecule has 3 nitrogen and oxygen atoms in total. The van der Waals surface area contributed by atoms with Crippen LogP contribution in [-0.2, 0) is 0 Å². The molecule has 1 aliphatic heterocycles. The summed E-state index contributed by atoms with van der Waals surface area (Å²) in [5.41, 5.74) is 3.02. The minimum Gasteiger partial charge on any atom is -0.508 e. The van der Waals surface area contributed by atoms with E-state index in [1.807, 2.05) is 31.2 Å². The molecule has 0 unspecified atom stereocenters. The molecule has 1 aliphatic rings. The van der Waals surface area contributed by atoms with Crippen molar-refractivity contribution in [1.82, 2.24) is 0 Å². The Labute approximate surface area is 106 Å². The number of ether oxygens (including phenoxy) is 2. The SMILES string of the molecule is Cc1cc(O)cc(-c2ccc3c(c2)OCCO3)c1. The van der Waals surface area contributed by atoms with Crippen LogP contribution in [0.5, 0.6) is 17.2 Å². The highest BCUT2D eigenvalue weighted by Crippen LogP contribution is 2.35. The lowest BCUT2D eigenvalue weighted by atomic mass is 10.0. The van der Waals surface area contributed by atoms with Crippen LogP contribution < -0.4 is 9.47 Å². The van der Waals surface area contributed by atoms with Crippen LogP contribution in [0, 0.1) is 6.92 Å². The van der Waals surface area contributed by atoms with Crippen LogP contribution in [0.2, 0.25) is 0 Å². The molecule has 1 heterocycles. The van der Waals surface area contributed by atoms with Gasteiger partial charge >= 0.3 is 0 Å². The Balaban J connectivity index is 2.06. The number of hydrogen-bond donors (Lipinski definition) is 1. The quantitative estimate of drug-likeness (QED) is 0.835. The highest BCUT2D eigenvalue weighted by molar-refractivity contribution is 5.69. The normalized spacial score (nSPS) is 13.4. The summed E-state index contributed by atoms with van der Waals surface area (Å²) in [7, 11) is 0. The standard InChI is InChI=1S/C15H14O3/c1-10-6-12(8-13(16)7-10)11-2-3-14-15(9-11)18-5-4-17-14/h2-3,6-9,16H,4-5H2,1H3. The number of aromatic hydroxyl groups is 1. The van der Waals surface area contributed by atoms with Gasteiger partial charge in [-0.05, 0) is 47.9 Å². The van der Waals surface area contributed by atoms with E-state index in [4.69, 9.17) is 9.47 Å². The predicted molar refractivity (Wildman–Crippen MR) is 69.3 cm³/mol. The number of phenolic OH excluding ortho intramolecular Hbond substituents is 1. The molecule has 2 aromatic carbocycles. The Morgan fingerprint density at radius 3 is 2.44 bits per heavy atom. The lowest BCUT2D eigenvalue weighted by Crippen LogP contribution is -2.15. The van der Waals surface area contributed by atoms with Crippen LogP contribution in [0.15, 0.2) is 36.4 Å². The van der Waals surface area contributed by atoms with E-state index >= 15 is 0 Å². The molecule has 1 N–H and O–H groups in total. The van der Waals surface area contributed by atoms with Gasteiger partial charge in [-0.3, -0.25) is 0 Å². The zero-order chi connectivity index (χ0) is 12.5. The van der Waals surface area contributed by atoms with Crippen molar-refractivity contribution in [2.45, 2.75) is 6.92 Å². The van der Waals surface area contributed by atoms with E-state index in [-0.39, 0.29) is 5.75 Å². The monoisotopic (exact) mass is 242 g/mol. The summed E-state index contributed by atoms with van der Waals surface area (Å²) >= 11 is 0. The average Bonchev–Trinajstić information content (AvgIpc) is 2.37. The lowest BCUT2D eigenvalue weighted by Gasteiger charge is -2.19. The van der Waals surface area contributed by atoms with Crippen molar-refractivity contribution in [3.8, 4) is 28.4 Å². The lowest BCUT2D eigenvalue weighted by molar-refractivity contribution is 0.171. The Hall–Kier alpha value is -2.16. The fourth-order valence-electron chi connectivity index (χ4n) is 2.15. The van der Waals surface area contributed by atoms with Crippen molar-refractivity contribution in [3.63, 3.8) is 0 Å². The Bertz CT molecular complexity index is 570. The molecule has 92 valence electrons. The van der Waals surface area contributed by atoms with Gasteiger partial charge in [-0.2, -0.15) is 0 Å². The van der Waals surface area contributed by atoms with E-state index in [9.17, 15) is 5.11 Å². The van der Waals surface area contributed by atoms with Gasteiger partial charge < -0.3 is 14.6 Å². The Morgan fingerprint density at radius 1 is 0.889 bits per heavy atom. The van der Waals surface area contributed by atoms with Gasteiger partial charge in [0, 0.05) is 0 Å². The fourth-order valence-corrected chi connectivity index (χ4v) is 2.15. The molecule has 0 saturated carbocycles. The number of phenols is 1. The first-order chi connectivity index (χ1) is 8.72. The zero-order valence-corrected chi connectivity index (χ0v) is 10.1. The highest BCUT2D eigenvalue weighted by Gasteiger charge is 2.12. The average molecular weight is 242 g/mol. The van der Waals surface area contributed by atoms with Crippen LogP contribution in [0.4, 0.5) is 0 Å². The summed E-state index contributed by atoms with van der Waals surface area (Å²) in [5, 5.41) is 9.64. The summed E-state index contributed by atoms with van der Waals surface area (Å²) in [4.78, 5) is 0. The molecule has 0 atom stereocenters. The summed E-state index contributed by atoms with van der Waals surface area (Å²) in [6.45, 7) is 3.13. The Kier molecular flexibility index (Phi) is 2.59. The topological polar surface area (TPSA) is 38.7 Å². The first kappa shape index (κ1) is 11.0. The number of aryl methyl sites for hydroxylation is 1. The molecule has 3 heteroatoms. The molecule has 0 aliphatic carbocycles. The second-order valence-electron chi connectivity index (χ2n) is 4.42. The van der Waals surface area contributed by atoms with Gasteiger partial charge in [0.1, 0.15) is 19.0 Å². The zero-order valence-electron chi connectivity index (χ0n) is 10.1. The minimum atomic E-state index is 0.278. The number of benzene rings is 2. The van der Waals surface area contributed by atoms with Crippen molar-refractivity contribution >= 4 is 0 Å². The van der Waals surface area contributed by atoms with E-state index < -0.39 is 0 Å². The summed E-state index contributed by atoms with van der Waals surface area (Å²) in [5.74, 6) is 1.82. The highest BCUT2D eigenvalue weighted by atomic mass is 16.6. The largest absolute Gasteiger partial charge is 0.508 e. The predicted octanol–water partition coefficient (Wildman–Crippen LogP) is 3.14. The van der Waals surface area contributed by atoms with Gasteiger partial charge in [0.2, 0.25) is 0 Å². The van der Waals surface area contributed by atoms with Crippen LogP contribution in [0.25, 0.3) is 11.1 Å². The smallest absolute Gasteiger partial charge is 0.161 e. The molecule has 2 aromatic rings. The van der Waals surface area contributed by atoms with Gasteiger partial charge in [0.05, 0.1) is 0 Å². The van der Waals surface area contributed by atoms with Crippen molar-refractivity contribution < 1.29 is 14.6 Å². The molecule has 0 radical (unpaired) electrons. The van der Waals surface area contributed by atoms with Gasteiger partial charge in [0.15, 0.2) is 11.5 Å². The van der Waals surface area contributed by atoms with Crippen LogP contribution in [0.1, 0.15) is 5.56 Å². The van der Waals surface area contributed by atoms with Crippen LogP contribution in [0.3, 0.4) is 0 Å². The van der Waals surface area contributed by atoms with Crippen LogP contribution >= 0.6 is 0 Å². The second kappa shape index (κ2) is 4.26. The van der Waals surface area contributed by atoms with Crippen molar-refractivity contribution in [3.05, 3.63) is 42.0 Å². The first-order valence-electron chi connectivity index (χ1n) is 5.93. The molecular formula is C15H14O3. The molecule has 0 bridgehead atoms. The first-order valence-corrected chi connectivity index (χ1v) is 5.93. The van der Waals surface area contributed by atoms with E-state index in [1.54, 1.807) is 12.1 Å². The third-order valence-electron chi connectivity index (χ3n) is 2.94. The maximum Gasteiger partial charge on any atom is 0.161 e. The molecule has 0 amide bonds. The van der Waals surface area contributed by atoms with Gasteiger partial charge in [-0.15, -0.1) is 0 Å². The second-order valence-corrected chi connectivity index (χ2v) is 4.42. The Morgan fingerprint density at radius 2 is 1.67 bits per heavy atom. The third-order valence-corrected chi connectivity index (χ3v) is 2.94. The third kappa shape index (κ3) is 1.99. The van der Waals surface area contributed by atoms with Crippen LogP contribution in [-0.4, -0.2) is 18.3 Å². The summed E-state index contributed by atoms with van der Waals surface area (Å²) < 4.78 is 11.0. The molecule has 0 fully saturated rings. The van der Waals surface area contributed by atoms with E-state index in [0.717, 1.165) is 28.2 Å². The molecule has 0 saturated heterocycles. The van der Waals surface area contributed by atoms with Gasteiger partial charge in [-0.25, -0.2) is 0 Å². The minimum absolute atomic E-state index is 0.278. The molecular weight excluding hydrogens is 228 g/mol. The summed E-state index contributed by atoms with van der Waals surface area (Å²) in [6, 6.07) is 11.3. The van der Waals surface area contributed by atoms with E-state index in [1.165, 1.54) is 0 Å². The van der Waals surface area contributed by atoms with Gasteiger partial charge in [0.25, 0.3) is 0 Å². The maximum atomic E-state index is 9.64. The summed E-state index contributed by atoms with van der Waals surface area (Å²) in [6.07, 6.45) is 0. The molecule has 0 aromatic heterocycles. The maximum absolute atomic E-state index is 9.64. The van der Waals surface area contributed by atoms with Gasteiger partial charge in [-0.1, -0.05) is 12.1 Å². The van der Waals surface area contributed by atoms with E-state index in [2.05, 4.69) is 0 Å². The number of hydrogen-bond acceptors (Lipinski definition) is 3. The van der Waals surface area contributed by atoms with Crippen molar-refractivity contribution in [2.75, 3.05) is 13.2 Å². The fraction of sp³-hybridized carbons (Fsp3) is 0.200. The molecule has 0 spiro atoms. The number of rotatable bonds is 1.